The van der Waals surface area contributed by atoms with Crippen LogP contribution < -0.4 is 9.47 Å². The summed E-state index contributed by atoms with van der Waals surface area (Å²) < 4.78 is 23.7. The predicted octanol–water partition coefficient (Wildman–Crippen LogP) is 2.72. The van der Waals surface area contributed by atoms with Crippen molar-refractivity contribution in [1.82, 2.24) is 4.98 Å². The molecule has 0 radical (unpaired) electrons. The molecule has 5 nitrogen and oxygen atoms in total. The van der Waals surface area contributed by atoms with Crippen LogP contribution in [0.4, 0.5) is 4.39 Å². The Kier molecular flexibility index (Phi) is 3.61. The van der Waals surface area contributed by atoms with Gasteiger partial charge < -0.3 is 14.6 Å². The Bertz CT molecular complexity index is 615. The molecule has 0 spiro atoms. The highest BCUT2D eigenvalue weighted by atomic mass is 19.1. The first-order valence-electron chi connectivity index (χ1n) is 5.31. The van der Waals surface area contributed by atoms with E-state index in [-0.39, 0.29) is 22.9 Å². The van der Waals surface area contributed by atoms with E-state index in [1.165, 1.54) is 43.6 Å². The number of carboxylic acids is 1. The van der Waals surface area contributed by atoms with Crippen LogP contribution in [-0.2, 0) is 0 Å². The second-order valence-electron chi connectivity index (χ2n) is 3.56. The fraction of sp³-hybridized carbons (Fsp3) is 0.0769. The maximum absolute atomic E-state index is 13.4. The molecule has 2 aromatic rings. The molecule has 0 atom stereocenters. The number of hydrogen-bond acceptors (Lipinski definition) is 4. The Morgan fingerprint density at radius 2 is 2.11 bits per heavy atom. The fourth-order valence-corrected chi connectivity index (χ4v) is 1.44. The molecule has 6 heteroatoms. The molecular formula is C13H10FNO4. The summed E-state index contributed by atoms with van der Waals surface area (Å²) >= 11 is 0. The number of ether oxygens (including phenoxy) is 2. The van der Waals surface area contributed by atoms with Gasteiger partial charge in [0.25, 0.3) is 5.88 Å². The molecular weight excluding hydrogens is 253 g/mol. The van der Waals surface area contributed by atoms with Gasteiger partial charge in [-0.25, -0.2) is 14.2 Å². The van der Waals surface area contributed by atoms with Gasteiger partial charge in [0.2, 0.25) is 0 Å². The van der Waals surface area contributed by atoms with E-state index in [0.29, 0.717) is 0 Å². The van der Waals surface area contributed by atoms with Crippen molar-refractivity contribution < 1.29 is 23.8 Å². The van der Waals surface area contributed by atoms with Crippen LogP contribution in [0.15, 0.2) is 36.5 Å². The lowest BCUT2D eigenvalue weighted by Gasteiger charge is -2.10. The first kappa shape index (κ1) is 12.8. The summed E-state index contributed by atoms with van der Waals surface area (Å²) in [5.41, 5.74) is 0.00661. The number of carbonyl (C=O) groups is 1. The van der Waals surface area contributed by atoms with Crippen molar-refractivity contribution in [2.24, 2.45) is 0 Å². The van der Waals surface area contributed by atoms with Gasteiger partial charge in [-0.1, -0.05) is 0 Å². The van der Waals surface area contributed by atoms with Crippen LogP contribution in [0.3, 0.4) is 0 Å². The van der Waals surface area contributed by atoms with Gasteiger partial charge >= 0.3 is 5.97 Å². The van der Waals surface area contributed by atoms with Crippen molar-refractivity contribution in [2.45, 2.75) is 0 Å². The van der Waals surface area contributed by atoms with Gasteiger partial charge in [-0.15, -0.1) is 0 Å². The minimum absolute atomic E-state index is 0.00661. The molecule has 0 unspecified atom stereocenters. The minimum Gasteiger partial charge on any atom is -0.493 e. The normalized spacial score (nSPS) is 10.0. The Morgan fingerprint density at radius 3 is 2.74 bits per heavy atom. The molecule has 98 valence electrons. The SMILES string of the molecule is COc1ccc(C(=O)O)cc1Oc1ncccc1F. The zero-order valence-electron chi connectivity index (χ0n) is 9.96. The van der Waals surface area contributed by atoms with E-state index < -0.39 is 11.8 Å². The summed E-state index contributed by atoms with van der Waals surface area (Å²) in [6.07, 6.45) is 1.37. The van der Waals surface area contributed by atoms with Crippen molar-refractivity contribution >= 4 is 5.97 Å². The fourth-order valence-electron chi connectivity index (χ4n) is 1.44. The lowest BCUT2D eigenvalue weighted by atomic mass is 10.2. The molecule has 1 aromatic carbocycles. The lowest BCUT2D eigenvalue weighted by molar-refractivity contribution is 0.0696. The van der Waals surface area contributed by atoms with Crippen molar-refractivity contribution in [2.75, 3.05) is 7.11 Å². The number of rotatable bonds is 4. The molecule has 0 saturated heterocycles. The van der Waals surface area contributed by atoms with E-state index in [2.05, 4.69) is 4.98 Å². The number of aromatic nitrogens is 1. The molecule has 1 aromatic heterocycles. The van der Waals surface area contributed by atoms with E-state index in [1.54, 1.807) is 0 Å². The second kappa shape index (κ2) is 5.34. The number of halogens is 1. The molecule has 19 heavy (non-hydrogen) atoms. The Morgan fingerprint density at radius 1 is 1.32 bits per heavy atom. The number of methoxy groups -OCH3 is 1. The molecule has 0 bridgehead atoms. The Balaban J connectivity index is 2.40. The zero-order valence-corrected chi connectivity index (χ0v) is 9.96. The van der Waals surface area contributed by atoms with Crippen molar-refractivity contribution in [3.63, 3.8) is 0 Å². The first-order chi connectivity index (χ1) is 9.11. The van der Waals surface area contributed by atoms with Crippen LogP contribution in [-0.4, -0.2) is 23.2 Å². The van der Waals surface area contributed by atoms with Gasteiger partial charge in [0.1, 0.15) is 0 Å². The quantitative estimate of drug-likeness (QED) is 0.918. The molecule has 2 rings (SSSR count). The first-order valence-corrected chi connectivity index (χ1v) is 5.31. The van der Waals surface area contributed by atoms with Gasteiger partial charge in [0.15, 0.2) is 17.3 Å². The van der Waals surface area contributed by atoms with E-state index in [1.807, 2.05) is 0 Å². The van der Waals surface area contributed by atoms with Gasteiger partial charge in [-0.05, 0) is 30.3 Å². The Labute approximate surface area is 108 Å². The molecule has 1 heterocycles. The van der Waals surface area contributed by atoms with Crippen LogP contribution in [0.5, 0.6) is 17.4 Å². The average molecular weight is 263 g/mol. The molecule has 0 aliphatic rings. The highest BCUT2D eigenvalue weighted by molar-refractivity contribution is 5.88. The molecule has 0 saturated carbocycles. The van der Waals surface area contributed by atoms with Gasteiger partial charge in [0, 0.05) is 6.20 Å². The summed E-state index contributed by atoms with van der Waals surface area (Å²) in [4.78, 5) is 14.6. The number of hydrogen-bond donors (Lipinski definition) is 1. The number of pyridine rings is 1. The number of carboxylic acid groups (broad SMARTS) is 1. The third-order valence-electron chi connectivity index (χ3n) is 2.34. The topological polar surface area (TPSA) is 68.7 Å². The number of nitrogens with zero attached hydrogens (tertiary/aromatic N) is 1. The largest absolute Gasteiger partial charge is 0.493 e. The highest BCUT2D eigenvalue weighted by Gasteiger charge is 2.13. The molecule has 0 fully saturated rings. The van der Waals surface area contributed by atoms with E-state index in [4.69, 9.17) is 14.6 Å². The van der Waals surface area contributed by atoms with Crippen molar-refractivity contribution in [3.05, 3.63) is 47.9 Å². The smallest absolute Gasteiger partial charge is 0.335 e. The summed E-state index contributed by atoms with van der Waals surface area (Å²) in [6.45, 7) is 0. The van der Waals surface area contributed by atoms with E-state index in [0.717, 1.165) is 0 Å². The Hall–Kier alpha value is -2.63. The molecule has 0 amide bonds. The summed E-state index contributed by atoms with van der Waals surface area (Å²) in [5.74, 6) is -1.64. The van der Waals surface area contributed by atoms with Crippen molar-refractivity contribution in [1.29, 1.82) is 0 Å². The molecule has 0 aliphatic carbocycles. The van der Waals surface area contributed by atoms with Crippen LogP contribution in [0.2, 0.25) is 0 Å². The van der Waals surface area contributed by atoms with Gasteiger partial charge in [-0.3, -0.25) is 0 Å². The third kappa shape index (κ3) is 2.79. The monoisotopic (exact) mass is 263 g/mol. The zero-order chi connectivity index (χ0) is 13.8. The van der Waals surface area contributed by atoms with Gasteiger partial charge in [0.05, 0.1) is 12.7 Å². The van der Waals surface area contributed by atoms with Crippen LogP contribution in [0.25, 0.3) is 0 Å². The average Bonchev–Trinajstić information content (AvgIpc) is 2.41. The maximum atomic E-state index is 13.4. The molecule has 1 N–H and O–H groups in total. The number of benzene rings is 1. The van der Waals surface area contributed by atoms with Crippen LogP contribution in [0.1, 0.15) is 10.4 Å². The standard InChI is InChI=1S/C13H10FNO4/c1-18-10-5-4-8(13(16)17)7-11(10)19-12-9(14)3-2-6-15-12/h2-7H,1H3,(H,16,17). The third-order valence-corrected chi connectivity index (χ3v) is 2.34. The molecule has 0 aliphatic heterocycles. The maximum Gasteiger partial charge on any atom is 0.335 e. The van der Waals surface area contributed by atoms with Crippen LogP contribution >= 0.6 is 0 Å². The number of aromatic carboxylic acids is 1. The predicted molar refractivity (Wildman–Crippen MR) is 64.2 cm³/mol. The second-order valence-corrected chi connectivity index (χ2v) is 3.56. The minimum atomic E-state index is -1.12. The summed E-state index contributed by atoms with van der Waals surface area (Å²) in [5, 5.41) is 8.91. The van der Waals surface area contributed by atoms with Gasteiger partial charge in [-0.2, -0.15) is 0 Å². The lowest BCUT2D eigenvalue weighted by Crippen LogP contribution is -1.99. The highest BCUT2D eigenvalue weighted by Crippen LogP contribution is 2.32. The van der Waals surface area contributed by atoms with Crippen LogP contribution in [0, 0.1) is 5.82 Å². The summed E-state index contributed by atoms with van der Waals surface area (Å²) in [7, 11) is 1.40. The van der Waals surface area contributed by atoms with Crippen molar-refractivity contribution in [3.8, 4) is 17.4 Å². The van der Waals surface area contributed by atoms with E-state index >= 15 is 0 Å². The summed E-state index contributed by atoms with van der Waals surface area (Å²) in [6, 6.07) is 6.65. The van der Waals surface area contributed by atoms with E-state index in [9.17, 15) is 9.18 Å².